The highest BCUT2D eigenvalue weighted by atomic mass is 35.5. The van der Waals surface area contributed by atoms with Gasteiger partial charge in [0.15, 0.2) is 30.2 Å². The highest BCUT2D eigenvalue weighted by Crippen LogP contribution is 2.50. The summed E-state index contributed by atoms with van der Waals surface area (Å²) in [4.78, 5) is 120. The lowest BCUT2D eigenvalue weighted by Crippen LogP contribution is -2.63. The normalized spacial score (nSPS) is 28.2. The molecule has 7 aliphatic rings. The zero-order valence-electron chi connectivity index (χ0n) is 58.5. The van der Waals surface area contributed by atoms with Crippen LogP contribution in [0.1, 0.15) is 111 Å². The minimum absolute atomic E-state index is 0.0971. The summed E-state index contributed by atoms with van der Waals surface area (Å²) in [6.07, 6.45) is -17.9. The molecule has 0 aromatic heterocycles. The number of hydrogen-bond acceptors (Lipinski definition) is 25. The van der Waals surface area contributed by atoms with E-state index >= 15 is 19.2 Å². The monoisotopic (exact) mass is 1540 g/mol. The first kappa shape index (κ1) is 79.1. The maximum absolute atomic E-state index is 16.2. The molecule has 11 bridgehead atoms. The fourth-order valence-corrected chi connectivity index (χ4v) is 13.7. The highest BCUT2D eigenvalue weighted by Gasteiger charge is 2.51. The number of ether oxygens (including phenoxy) is 6. The number of hydrogen-bond donors (Lipinski definition) is 19. The van der Waals surface area contributed by atoms with E-state index in [9.17, 15) is 65.1 Å². The third-order valence-electron chi connectivity index (χ3n) is 19.4. The topological polar surface area (TPSA) is 522 Å². The maximum atomic E-state index is 16.2. The van der Waals surface area contributed by atoms with E-state index in [4.69, 9.17) is 63.1 Å². The number of carbonyl (C=O) groups is 8. The van der Waals surface area contributed by atoms with Crippen LogP contribution in [-0.2, 0) is 59.1 Å². The van der Waals surface area contributed by atoms with Crippen molar-refractivity contribution in [3.05, 3.63) is 153 Å². The summed E-state index contributed by atoms with van der Waals surface area (Å²) in [5.74, 6) is -15.3. The highest BCUT2D eigenvalue weighted by molar-refractivity contribution is 6.32. The van der Waals surface area contributed by atoms with Gasteiger partial charge in [0.05, 0.1) is 29.1 Å². The number of phenolic OH excluding ortho intramolecular Hbond substituents is 3. The molecule has 8 amide bonds. The maximum Gasteiger partial charge on any atom is 0.248 e. The first-order valence-corrected chi connectivity index (χ1v) is 35.0. The molecule has 2 saturated heterocycles. The number of aliphatic hydroxyl groups excluding tert-OH is 6. The molecule has 2 fully saturated rings. The summed E-state index contributed by atoms with van der Waals surface area (Å²) < 4.78 is 38.3. The Kier molecular flexibility index (Phi) is 24.1. The predicted molar refractivity (Wildman–Crippen MR) is 380 cm³/mol. The Morgan fingerprint density at radius 2 is 1.31 bits per heavy atom. The lowest BCUT2D eigenvalue weighted by atomic mass is 9.82. The van der Waals surface area contributed by atoms with Gasteiger partial charge in [-0.15, -0.1) is 0 Å². The van der Waals surface area contributed by atoms with E-state index in [-0.39, 0.29) is 69.6 Å². The van der Waals surface area contributed by atoms with Crippen molar-refractivity contribution in [1.29, 1.82) is 0 Å². The third-order valence-corrected chi connectivity index (χ3v) is 20.0. The molecular formula is C73H82Cl2N10O23. The quantitative estimate of drug-likeness (QED) is 0.0693. The Hall–Kier alpha value is -9.98. The molecule has 6 aromatic carbocycles. The second kappa shape index (κ2) is 32.8. The largest absolute Gasteiger partial charge is 0.508 e. The summed E-state index contributed by atoms with van der Waals surface area (Å²) in [5, 5.41) is 125. The first-order chi connectivity index (χ1) is 51.2. The van der Waals surface area contributed by atoms with Gasteiger partial charge < -0.3 is 128 Å². The van der Waals surface area contributed by atoms with Crippen molar-refractivity contribution >= 4 is 70.5 Å². The second-order valence-corrected chi connectivity index (χ2v) is 28.4. The number of nitrogens with one attached hydrogen (secondary N) is 8. The molecule has 7 heterocycles. The molecule has 576 valence electrons. The van der Waals surface area contributed by atoms with Gasteiger partial charge in [0.1, 0.15) is 95.5 Å². The average Bonchev–Trinajstić information content (AvgIpc) is 0.766. The molecule has 0 saturated carbocycles. The fourth-order valence-electron chi connectivity index (χ4n) is 13.2. The van der Waals surface area contributed by atoms with Crippen molar-refractivity contribution < 1.29 is 113 Å². The molecule has 0 radical (unpaired) electrons. The summed E-state index contributed by atoms with van der Waals surface area (Å²) in [7, 11) is 1.48. The number of carbonyl (C=O) groups excluding carboxylic acids is 8. The Bertz CT molecular complexity index is 4450. The lowest BCUT2D eigenvalue weighted by Gasteiger charge is -2.47. The number of benzene rings is 6. The SMILES string of the molecule is CN[C@H](CC(C)C)C(=O)N[C@H]1C(=O)N[C@@H](CC(N)=O)C(=O)N[C@H]2C(=O)N[C@H]3C(=O)N[C@H](C(=O)N[C@@H](C(=O)NCc4ccccc4)c4cc(O)cc(O)c4-c4cc3ccc4O)[C@H](O)c3ccc(c(Cl)c3)Oc3cc2cc(c3O[C@H]2O[C@@H](CO)[C@H](O)[C@@H](O)[C@@H]2O[C@H]2C[C@](C)(N)[C@H](C)[C@H](O)O2)Oc2ccc(cc2Cl)[C@H]1O. The Morgan fingerprint density at radius 3 is 1.93 bits per heavy atom. The van der Waals surface area contributed by atoms with Gasteiger partial charge in [0, 0.05) is 41.6 Å². The number of primary amides is 1. The van der Waals surface area contributed by atoms with Crippen molar-refractivity contribution in [3.63, 3.8) is 0 Å². The molecule has 108 heavy (non-hydrogen) atoms. The Morgan fingerprint density at radius 1 is 0.694 bits per heavy atom. The fraction of sp³-hybridized carbons (Fsp3) is 0.397. The van der Waals surface area contributed by atoms with Crippen molar-refractivity contribution in [3.8, 4) is 57.1 Å². The van der Waals surface area contributed by atoms with E-state index in [0.29, 0.717) is 5.56 Å². The summed E-state index contributed by atoms with van der Waals surface area (Å²) >= 11 is 14.3. The standard InChI is InChI=1S/C73H82Cl2N10O23/c1-29(2)17-41(78-5)64(95)84-56-58(91)33-12-15-45(39(74)19-33)103-47-21-35-22-48(62(47)108-72-63(61(94)60(93)49(28-86)105-72)106-51-26-73(4,77)30(3)71(102)107-51)104-46-16-13-34(20-40(46)75)59(92)57-70(101)83-55(66(97)79-27-31-9-7-6-8-10-31)38-23-36(87)24-44(89)52(38)37-18-32(11-14-43(37)88)53(67(98)85-57)82-68(99)54(35)81-65(96)42(25-50(76)90)80-69(56)100/h6-16,18-24,29-30,41-42,49,51,53-61,63,71-72,78,86-89,91-94,102H,17,25-28,77H2,1-5H3,(H2,76,90)(H,79,97)(H,80,100)(H,81,96)(H,82,99)(H,83,101)(H,84,95)(H,85,98)/t30-,41-,42+,49+,51-,53-,54-,55-,56-,57+,58-,59-,60+,61-,63+,71-,72-,73+/m1/s1. The van der Waals surface area contributed by atoms with Crippen molar-refractivity contribution in [2.24, 2.45) is 23.3 Å². The number of amides is 8. The molecule has 6 aromatic rings. The van der Waals surface area contributed by atoms with Crippen LogP contribution in [0.25, 0.3) is 11.1 Å². The summed E-state index contributed by atoms with van der Waals surface area (Å²) in [5.41, 5.74) is 9.45. The summed E-state index contributed by atoms with van der Waals surface area (Å²) in [6, 6.07) is 8.81. The van der Waals surface area contributed by atoms with Crippen molar-refractivity contribution in [2.75, 3.05) is 13.7 Å². The smallest absolute Gasteiger partial charge is 0.248 e. The molecule has 0 aliphatic carbocycles. The Balaban J connectivity index is 1.15. The van der Waals surface area contributed by atoms with Gasteiger partial charge in [-0.25, -0.2) is 0 Å². The molecule has 33 nitrogen and oxygen atoms in total. The van der Waals surface area contributed by atoms with E-state index in [1.807, 2.05) is 13.8 Å². The third kappa shape index (κ3) is 17.1. The van der Waals surface area contributed by atoms with Gasteiger partial charge in [-0.05, 0) is 114 Å². The van der Waals surface area contributed by atoms with E-state index in [1.54, 1.807) is 44.2 Å². The van der Waals surface area contributed by atoms with Crippen LogP contribution in [0.4, 0.5) is 0 Å². The van der Waals surface area contributed by atoms with Crippen molar-refractivity contribution in [2.45, 2.75) is 157 Å². The molecule has 18 atom stereocenters. The number of likely N-dealkylation sites (N-methyl/N-ethyl adjacent to an activating group) is 1. The van der Waals surface area contributed by atoms with Gasteiger partial charge in [-0.1, -0.05) is 92.5 Å². The second-order valence-electron chi connectivity index (χ2n) is 27.6. The van der Waals surface area contributed by atoms with E-state index in [1.165, 1.54) is 25.2 Å². The predicted octanol–water partition coefficient (Wildman–Crippen LogP) is 1.54. The van der Waals surface area contributed by atoms with Crippen LogP contribution in [0.2, 0.25) is 10.0 Å². The van der Waals surface area contributed by atoms with Gasteiger partial charge in [0.2, 0.25) is 59.3 Å². The molecular weight excluding hydrogens is 1460 g/mol. The minimum Gasteiger partial charge on any atom is -0.508 e. The van der Waals surface area contributed by atoms with Crippen LogP contribution in [-0.4, -0.2) is 180 Å². The number of rotatable bonds is 15. The van der Waals surface area contributed by atoms with Crippen LogP contribution in [0.5, 0.6) is 46.0 Å². The lowest BCUT2D eigenvalue weighted by molar-refractivity contribution is -0.348. The van der Waals surface area contributed by atoms with Gasteiger partial charge in [0.25, 0.3) is 0 Å². The summed E-state index contributed by atoms with van der Waals surface area (Å²) in [6.45, 7) is 5.74. The zero-order valence-corrected chi connectivity index (χ0v) is 60.0. The minimum atomic E-state index is -2.34. The molecule has 0 spiro atoms. The number of aliphatic hydroxyl groups is 6. The van der Waals surface area contributed by atoms with Crippen LogP contribution < -0.4 is 68.2 Å². The van der Waals surface area contributed by atoms with E-state index < -0.39 is 220 Å². The van der Waals surface area contributed by atoms with Crippen LogP contribution in [0, 0.1) is 11.8 Å². The Labute approximate surface area is 626 Å². The number of phenols is 3. The first-order valence-electron chi connectivity index (χ1n) is 34.3. The zero-order chi connectivity index (χ0) is 78.1. The molecule has 35 heteroatoms. The van der Waals surface area contributed by atoms with Crippen LogP contribution >= 0.6 is 23.2 Å². The van der Waals surface area contributed by atoms with Crippen LogP contribution in [0.3, 0.4) is 0 Å². The van der Waals surface area contributed by atoms with Crippen molar-refractivity contribution in [1.82, 2.24) is 42.5 Å². The molecule has 13 rings (SSSR count). The number of nitrogens with two attached hydrogens (primary N) is 2. The average molecular weight is 1540 g/mol. The number of fused-ring (bicyclic) bond motifs is 15. The van der Waals surface area contributed by atoms with Gasteiger partial charge in [-0.3, -0.25) is 38.4 Å². The van der Waals surface area contributed by atoms with E-state index in [2.05, 4.69) is 42.5 Å². The van der Waals surface area contributed by atoms with E-state index in [0.717, 1.165) is 60.7 Å². The van der Waals surface area contributed by atoms with Gasteiger partial charge in [-0.2, -0.15) is 0 Å². The molecule has 0 unspecified atom stereocenters. The molecule has 7 aliphatic heterocycles. The number of halogens is 2. The van der Waals surface area contributed by atoms with Gasteiger partial charge >= 0.3 is 0 Å². The molecule has 21 N–H and O–H groups in total. The van der Waals surface area contributed by atoms with Crippen LogP contribution in [0.15, 0.2) is 109 Å². The number of aromatic hydroxyl groups is 3.